The average Bonchev–Trinajstić information content (AvgIpc) is 2.87. The predicted octanol–water partition coefficient (Wildman–Crippen LogP) is 6.67. The molecule has 1 N–H and O–H groups in total. The highest BCUT2D eigenvalue weighted by molar-refractivity contribution is 6.33. The van der Waals surface area contributed by atoms with Crippen molar-refractivity contribution in [2.45, 2.75) is 37.8 Å². The first-order valence-electron chi connectivity index (χ1n) is 12.0. The second-order valence-corrected chi connectivity index (χ2v) is 9.77. The molecule has 0 radical (unpaired) electrons. The van der Waals surface area contributed by atoms with E-state index in [-0.39, 0.29) is 17.2 Å². The number of piperidine rings is 1. The van der Waals surface area contributed by atoms with Crippen LogP contribution in [-0.4, -0.2) is 47.1 Å². The van der Waals surface area contributed by atoms with Crippen LogP contribution in [0.2, 0.25) is 5.02 Å². The second-order valence-electron chi connectivity index (χ2n) is 9.36. The molecule has 1 saturated heterocycles. The number of rotatable bonds is 5. The largest absolute Gasteiger partial charge is 0.416 e. The van der Waals surface area contributed by atoms with Gasteiger partial charge < -0.3 is 14.9 Å². The minimum atomic E-state index is -5.00. The fraction of sp³-hybridized carbons (Fsp3) is 0.333. The van der Waals surface area contributed by atoms with E-state index in [2.05, 4.69) is 4.98 Å². The van der Waals surface area contributed by atoms with Crippen molar-refractivity contribution in [2.75, 3.05) is 25.0 Å². The molecule has 1 aromatic heterocycles. The van der Waals surface area contributed by atoms with Crippen LogP contribution in [0.4, 0.5) is 32.2 Å². The molecule has 1 aliphatic heterocycles. The molecule has 0 bridgehead atoms. The highest BCUT2D eigenvalue weighted by Gasteiger charge is 2.37. The van der Waals surface area contributed by atoms with Crippen molar-refractivity contribution < 1.29 is 36.2 Å². The van der Waals surface area contributed by atoms with E-state index in [1.165, 1.54) is 13.2 Å². The molecule has 39 heavy (non-hydrogen) atoms. The number of aliphatic hydroxyl groups is 1. The SMILES string of the molecule is CN(Cc1cc(C(F)(F)F)cc(C(F)(F)F)c1)C(=O)c1cnc(N2CCC(O)CC2)cc1-c1ccccc1Cl. The monoisotopic (exact) mass is 571 g/mol. The van der Waals surface area contributed by atoms with Gasteiger partial charge >= 0.3 is 12.4 Å². The summed E-state index contributed by atoms with van der Waals surface area (Å²) in [7, 11) is 1.28. The lowest BCUT2D eigenvalue weighted by molar-refractivity contribution is -0.143. The molecule has 4 rings (SSSR count). The zero-order chi connectivity index (χ0) is 28.5. The number of aromatic nitrogens is 1. The summed E-state index contributed by atoms with van der Waals surface area (Å²) in [6.07, 6.45) is -7.99. The third kappa shape index (κ3) is 6.65. The molecule has 5 nitrogen and oxygen atoms in total. The minimum Gasteiger partial charge on any atom is -0.393 e. The maximum Gasteiger partial charge on any atom is 0.416 e. The number of alkyl halides is 6. The van der Waals surface area contributed by atoms with Gasteiger partial charge in [0.05, 0.1) is 22.8 Å². The summed E-state index contributed by atoms with van der Waals surface area (Å²) in [4.78, 5) is 20.9. The van der Waals surface area contributed by atoms with E-state index in [0.29, 0.717) is 60.0 Å². The average molecular weight is 572 g/mol. The third-order valence-electron chi connectivity index (χ3n) is 6.49. The number of carbonyl (C=O) groups excluding carboxylic acids is 1. The van der Waals surface area contributed by atoms with Crippen LogP contribution >= 0.6 is 11.6 Å². The molecule has 0 atom stereocenters. The number of aliphatic hydroxyl groups excluding tert-OH is 1. The molecule has 1 aliphatic rings. The van der Waals surface area contributed by atoms with E-state index >= 15 is 0 Å². The molecular weight excluding hydrogens is 548 g/mol. The van der Waals surface area contributed by atoms with Crippen molar-refractivity contribution >= 4 is 23.3 Å². The molecular formula is C27H24ClF6N3O2. The molecule has 0 saturated carbocycles. The van der Waals surface area contributed by atoms with Gasteiger partial charge in [-0.2, -0.15) is 26.3 Å². The zero-order valence-corrected chi connectivity index (χ0v) is 21.4. The number of anilines is 1. The maximum absolute atomic E-state index is 13.5. The summed E-state index contributed by atoms with van der Waals surface area (Å²) in [5, 5.41) is 10.2. The Morgan fingerprint density at radius 2 is 1.59 bits per heavy atom. The number of hydrogen-bond donors (Lipinski definition) is 1. The summed E-state index contributed by atoms with van der Waals surface area (Å²) in [6.45, 7) is 0.570. The van der Waals surface area contributed by atoms with Gasteiger partial charge in [-0.3, -0.25) is 4.79 Å². The Labute approximate surface area is 225 Å². The lowest BCUT2D eigenvalue weighted by Gasteiger charge is -2.31. The number of halogens is 7. The number of pyridine rings is 1. The number of nitrogens with zero attached hydrogens (tertiary/aromatic N) is 3. The molecule has 0 unspecified atom stereocenters. The van der Waals surface area contributed by atoms with Crippen molar-refractivity contribution in [1.82, 2.24) is 9.88 Å². The maximum atomic E-state index is 13.5. The summed E-state index contributed by atoms with van der Waals surface area (Å²) in [5.41, 5.74) is -2.24. The highest BCUT2D eigenvalue weighted by atomic mass is 35.5. The minimum absolute atomic E-state index is 0.0447. The Balaban J connectivity index is 1.70. The zero-order valence-electron chi connectivity index (χ0n) is 20.7. The van der Waals surface area contributed by atoms with Gasteiger partial charge in [0.1, 0.15) is 5.82 Å². The number of amides is 1. The molecule has 0 aliphatic carbocycles. The van der Waals surface area contributed by atoms with E-state index in [0.717, 1.165) is 4.90 Å². The van der Waals surface area contributed by atoms with Gasteiger partial charge in [-0.1, -0.05) is 29.8 Å². The van der Waals surface area contributed by atoms with Crippen molar-refractivity contribution in [1.29, 1.82) is 0 Å². The van der Waals surface area contributed by atoms with Gasteiger partial charge in [0.15, 0.2) is 0 Å². The van der Waals surface area contributed by atoms with Crippen LogP contribution in [0.25, 0.3) is 11.1 Å². The Morgan fingerprint density at radius 3 is 2.15 bits per heavy atom. The van der Waals surface area contributed by atoms with Crippen LogP contribution in [0.15, 0.2) is 54.7 Å². The van der Waals surface area contributed by atoms with Crippen molar-refractivity contribution in [3.8, 4) is 11.1 Å². The Kier molecular flexibility index (Phi) is 8.13. The number of benzene rings is 2. The van der Waals surface area contributed by atoms with Gasteiger partial charge in [0.2, 0.25) is 0 Å². The molecule has 0 spiro atoms. The Hall–Kier alpha value is -3.31. The molecule has 2 heterocycles. The summed E-state index contributed by atoms with van der Waals surface area (Å²) in [6, 6.07) is 9.67. The fourth-order valence-corrected chi connectivity index (χ4v) is 4.68. The van der Waals surface area contributed by atoms with Gasteiger partial charge in [-0.25, -0.2) is 4.98 Å². The van der Waals surface area contributed by atoms with Crippen molar-refractivity contribution in [3.63, 3.8) is 0 Å². The first-order valence-corrected chi connectivity index (χ1v) is 12.3. The first kappa shape index (κ1) is 28.7. The second kappa shape index (κ2) is 11.1. The van der Waals surface area contributed by atoms with E-state index < -0.39 is 42.0 Å². The van der Waals surface area contributed by atoms with Crippen LogP contribution in [-0.2, 0) is 18.9 Å². The predicted molar refractivity (Wildman–Crippen MR) is 134 cm³/mol. The quantitative estimate of drug-likeness (QED) is 0.348. The summed E-state index contributed by atoms with van der Waals surface area (Å²) < 4.78 is 79.8. The number of hydrogen-bond acceptors (Lipinski definition) is 4. The van der Waals surface area contributed by atoms with Crippen molar-refractivity contribution in [3.05, 3.63) is 82.0 Å². The van der Waals surface area contributed by atoms with Gasteiger partial charge in [-0.05, 0) is 48.7 Å². The van der Waals surface area contributed by atoms with E-state index in [1.807, 2.05) is 4.90 Å². The van der Waals surface area contributed by atoms with E-state index in [9.17, 15) is 36.2 Å². The molecule has 1 amide bonds. The molecule has 2 aromatic carbocycles. The standard InChI is InChI=1S/C27H24ClF6N3O2/c1-36(15-16-10-17(26(29,30)31)12-18(11-16)27(32,33)34)25(39)22-14-35-24(37-8-6-19(38)7-9-37)13-21(22)20-4-2-3-5-23(20)28/h2-5,10-14,19,38H,6-9,15H2,1H3. The van der Waals surface area contributed by atoms with Crippen LogP contribution in [0, 0.1) is 0 Å². The number of carbonyl (C=O) groups is 1. The highest BCUT2D eigenvalue weighted by Crippen LogP contribution is 2.37. The first-order chi connectivity index (χ1) is 18.2. The van der Waals surface area contributed by atoms with E-state index in [4.69, 9.17) is 11.6 Å². The summed E-state index contributed by atoms with van der Waals surface area (Å²) >= 11 is 6.42. The van der Waals surface area contributed by atoms with Gasteiger partial charge in [0, 0.05) is 49.0 Å². The van der Waals surface area contributed by atoms with Crippen molar-refractivity contribution in [2.24, 2.45) is 0 Å². The van der Waals surface area contributed by atoms with Crippen LogP contribution in [0.3, 0.4) is 0 Å². The van der Waals surface area contributed by atoms with Crippen LogP contribution in [0.1, 0.15) is 39.9 Å². The van der Waals surface area contributed by atoms with Crippen LogP contribution in [0.5, 0.6) is 0 Å². The molecule has 208 valence electrons. The Morgan fingerprint density at radius 1 is 1.00 bits per heavy atom. The molecule has 3 aromatic rings. The normalized spacial score (nSPS) is 14.9. The Bertz CT molecular complexity index is 1320. The lowest BCUT2D eigenvalue weighted by Crippen LogP contribution is -2.36. The van der Waals surface area contributed by atoms with Crippen LogP contribution < -0.4 is 4.90 Å². The lowest BCUT2D eigenvalue weighted by atomic mass is 9.99. The smallest absolute Gasteiger partial charge is 0.393 e. The van der Waals surface area contributed by atoms with Gasteiger partial charge in [0.25, 0.3) is 5.91 Å². The molecule has 12 heteroatoms. The van der Waals surface area contributed by atoms with Gasteiger partial charge in [-0.15, -0.1) is 0 Å². The molecule has 1 fully saturated rings. The summed E-state index contributed by atoms with van der Waals surface area (Å²) in [5.74, 6) is -0.118. The topological polar surface area (TPSA) is 56.7 Å². The third-order valence-corrected chi connectivity index (χ3v) is 6.82. The van der Waals surface area contributed by atoms with E-state index in [1.54, 1.807) is 30.3 Å². The fourth-order valence-electron chi connectivity index (χ4n) is 4.45.